The van der Waals surface area contributed by atoms with Gasteiger partial charge in [-0.15, -0.1) is 0 Å². The summed E-state index contributed by atoms with van der Waals surface area (Å²) >= 11 is 0. The molecule has 0 bridgehead atoms. The highest BCUT2D eigenvalue weighted by Crippen LogP contribution is 2.64. The van der Waals surface area contributed by atoms with Gasteiger partial charge in [-0.2, -0.15) is 8.42 Å². The Morgan fingerprint density at radius 1 is 1.06 bits per heavy atom. The van der Waals surface area contributed by atoms with E-state index in [1.165, 1.54) is 24.7 Å². The first-order chi connectivity index (χ1) is 15.8. The van der Waals surface area contributed by atoms with Crippen LogP contribution in [-0.2, 0) is 18.7 Å². The molecule has 0 aromatic rings. The van der Waals surface area contributed by atoms with Gasteiger partial charge in [0.05, 0.1) is 12.9 Å². The van der Waals surface area contributed by atoms with E-state index in [1.807, 2.05) is 0 Å². The Morgan fingerprint density at radius 3 is 2.26 bits per heavy atom. The van der Waals surface area contributed by atoms with E-state index in [9.17, 15) is 8.42 Å². The van der Waals surface area contributed by atoms with Gasteiger partial charge in [0.2, 0.25) is 0 Å². The highest BCUT2D eigenvalue weighted by Gasteiger charge is 2.57. The summed E-state index contributed by atoms with van der Waals surface area (Å²) in [5, 5.41) is 0.194. The fourth-order valence-corrected chi connectivity index (χ4v) is 9.15. The third kappa shape index (κ3) is 5.81. The number of allylic oxidation sites excluding steroid dienone is 1. The predicted molar refractivity (Wildman–Crippen MR) is 149 cm³/mol. The molecule has 0 heterocycles. The molecule has 3 aliphatic rings. The minimum Gasteiger partial charge on any atom is -0.417 e. The highest BCUT2D eigenvalue weighted by atomic mass is 32.2. The van der Waals surface area contributed by atoms with Gasteiger partial charge in [-0.25, -0.2) is 0 Å². The van der Waals surface area contributed by atoms with E-state index < -0.39 is 18.4 Å². The molecule has 0 aromatic carbocycles. The number of fused-ring (bicyclic) bond motifs is 1. The van der Waals surface area contributed by atoms with Crippen LogP contribution in [0.25, 0.3) is 0 Å². The van der Waals surface area contributed by atoms with Crippen molar-refractivity contribution in [1.82, 2.24) is 0 Å². The third-order valence-corrected chi connectivity index (χ3v) is 16.6. The normalized spacial score (nSPS) is 41.1. The minimum absolute atomic E-state index is 0.110. The van der Waals surface area contributed by atoms with Crippen molar-refractivity contribution in [1.29, 1.82) is 0 Å². The smallest absolute Gasteiger partial charge is 0.264 e. The summed E-state index contributed by atoms with van der Waals surface area (Å²) < 4.78 is 36.6. The molecule has 3 rings (SSSR count). The van der Waals surface area contributed by atoms with Crippen LogP contribution in [-0.4, -0.2) is 36.2 Å². The van der Waals surface area contributed by atoms with E-state index in [0.717, 1.165) is 32.3 Å². The Hall–Kier alpha value is -0.173. The van der Waals surface area contributed by atoms with Crippen molar-refractivity contribution in [3.63, 3.8) is 0 Å². The molecular formula is C29H54O4SSi. The zero-order valence-electron chi connectivity index (χ0n) is 24.4. The second-order valence-corrected chi connectivity index (χ2v) is 21.1. The Balaban J connectivity index is 1.96. The average molecular weight is 527 g/mol. The van der Waals surface area contributed by atoms with E-state index in [1.54, 1.807) is 0 Å². The molecule has 204 valence electrons. The average Bonchev–Trinajstić information content (AvgIpc) is 3.01. The first-order valence-corrected chi connectivity index (χ1v) is 18.7. The molecule has 0 aliphatic heterocycles. The molecule has 0 aromatic heterocycles. The molecule has 3 fully saturated rings. The van der Waals surface area contributed by atoms with Crippen molar-refractivity contribution < 1.29 is 17.0 Å². The van der Waals surface area contributed by atoms with Gasteiger partial charge in [-0.3, -0.25) is 4.18 Å². The van der Waals surface area contributed by atoms with Crippen molar-refractivity contribution in [3.05, 3.63) is 12.2 Å². The van der Waals surface area contributed by atoms with E-state index in [-0.39, 0.29) is 21.8 Å². The van der Waals surface area contributed by atoms with Crippen LogP contribution in [0.4, 0.5) is 0 Å². The van der Waals surface area contributed by atoms with Gasteiger partial charge in [0.15, 0.2) is 8.32 Å². The molecule has 35 heavy (non-hydrogen) atoms. The van der Waals surface area contributed by atoms with Crippen molar-refractivity contribution in [2.75, 3.05) is 19.5 Å². The van der Waals surface area contributed by atoms with E-state index >= 15 is 0 Å². The molecule has 3 aliphatic carbocycles. The van der Waals surface area contributed by atoms with Crippen LogP contribution in [0, 0.1) is 46.3 Å². The van der Waals surface area contributed by atoms with Gasteiger partial charge >= 0.3 is 0 Å². The van der Waals surface area contributed by atoms with E-state index in [2.05, 4.69) is 68.1 Å². The lowest BCUT2D eigenvalue weighted by Crippen LogP contribution is -2.54. The topological polar surface area (TPSA) is 52.6 Å². The van der Waals surface area contributed by atoms with Crippen LogP contribution in [0.5, 0.6) is 0 Å². The van der Waals surface area contributed by atoms with Crippen LogP contribution in [0.3, 0.4) is 0 Å². The zero-order chi connectivity index (χ0) is 26.6. The fraction of sp³-hybridized carbons (Fsp3) is 0.931. The van der Waals surface area contributed by atoms with Gasteiger partial charge in [-0.05, 0) is 103 Å². The molecule has 0 radical (unpaired) electrons. The van der Waals surface area contributed by atoms with Gasteiger partial charge in [-0.1, -0.05) is 60.6 Å². The van der Waals surface area contributed by atoms with Crippen LogP contribution in [0.2, 0.25) is 18.1 Å². The third-order valence-electron chi connectivity index (χ3n) is 11.5. The van der Waals surface area contributed by atoms with Crippen LogP contribution >= 0.6 is 0 Å². The Morgan fingerprint density at radius 2 is 1.69 bits per heavy atom. The summed E-state index contributed by atoms with van der Waals surface area (Å²) in [6, 6.07) is 0. The quantitative estimate of drug-likeness (QED) is 0.194. The maximum absolute atomic E-state index is 12.1. The molecule has 2 unspecified atom stereocenters. The molecule has 8 atom stereocenters. The van der Waals surface area contributed by atoms with Gasteiger partial charge in [0.25, 0.3) is 10.1 Å². The molecule has 3 saturated carbocycles. The van der Waals surface area contributed by atoms with Crippen molar-refractivity contribution >= 4 is 18.4 Å². The van der Waals surface area contributed by atoms with Gasteiger partial charge in [0, 0.05) is 6.61 Å². The lowest BCUT2D eigenvalue weighted by atomic mass is 9.48. The summed E-state index contributed by atoms with van der Waals surface area (Å²) in [6.07, 6.45) is 8.02. The molecule has 0 saturated heterocycles. The lowest BCUT2D eigenvalue weighted by Gasteiger charge is -2.58. The summed E-state index contributed by atoms with van der Waals surface area (Å²) in [5.74, 6) is 2.96. The number of hydrogen-bond acceptors (Lipinski definition) is 4. The first kappa shape index (κ1) is 29.4. The number of hydrogen-bond donors (Lipinski definition) is 0. The van der Waals surface area contributed by atoms with Crippen molar-refractivity contribution in [2.45, 2.75) is 105 Å². The summed E-state index contributed by atoms with van der Waals surface area (Å²) in [7, 11) is -5.34. The Bertz CT molecular complexity index is 891. The molecule has 4 nitrogen and oxygen atoms in total. The number of rotatable bonds is 7. The second-order valence-electron chi connectivity index (χ2n) is 14.6. The Kier molecular flexibility index (Phi) is 8.27. The molecular weight excluding hydrogens is 472 g/mol. The minimum atomic E-state index is -3.48. The standard InChI is InChI=1S/C29H54O4SSi/c1-20-16-23(18-33-35(10,11)27(4,5)6)29(8,17-21(20)2)26-14-15-28(7)22(3)12-13-25(28)24(26)19-32-34(9,30)31/h20-21,23-26H,3,12-19H2,1-2,4-11H3/t20-,21+,23+,24-,25?,26?,28+,29-/m0/s1. The molecule has 0 N–H and O–H groups in total. The SMILES string of the molecule is C=C1CCC2[C@H](COS(C)(=O)=O)C([C@@]3(C)C[C@@H](C)[C@@H](C)C[C@@H]3CO[Si](C)(C)C(C)(C)C)CC[C@]12C. The maximum Gasteiger partial charge on any atom is 0.264 e. The van der Waals surface area contributed by atoms with Crippen molar-refractivity contribution in [3.8, 4) is 0 Å². The Labute approximate surface area is 218 Å². The lowest BCUT2D eigenvalue weighted by molar-refractivity contribution is -0.100. The van der Waals surface area contributed by atoms with E-state index in [4.69, 9.17) is 8.61 Å². The summed E-state index contributed by atoms with van der Waals surface area (Å²) in [6.45, 7) is 27.0. The second kappa shape index (κ2) is 9.85. The van der Waals surface area contributed by atoms with Crippen molar-refractivity contribution in [2.24, 2.45) is 46.3 Å². The van der Waals surface area contributed by atoms with Crippen LogP contribution < -0.4 is 0 Å². The maximum atomic E-state index is 12.1. The van der Waals surface area contributed by atoms with Gasteiger partial charge < -0.3 is 4.43 Å². The molecule has 0 amide bonds. The zero-order valence-corrected chi connectivity index (χ0v) is 26.2. The largest absolute Gasteiger partial charge is 0.417 e. The molecule has 0 spiro atoms. The van der Waals surface area contributed by atoms with Crippen LogP contribution in [0.1, 0.15) is 87.0 Å². The predicted octanol–water partition coefficient (Wildman–Crippen LogP) is 7.67. The summed E-state index contributed by atoms with van der Waals surface area (Å²) in [4.78, 5) is 0. The monoisotopic (exact) mass is 526 g/mol. The summed E-state index contributed by atoms with van der Waals surface area (Å²) in [5.41, 5.74) is 1.59. The highest BCUT2D eigenvalue weighted by molar-refractivity contribution is 7.85. The fourth-order valence-electron chi connectivity index (χ4n) is 7.70. The van der Waals surface area contributed by atoms with E-state index in [0.29, 0.717) is 36.2 Å². The first-order valence-electron chi connectivity index (χ1n) is 14.0. The molecule has 6 heteroatoms. The van der Waals surface area contributed by atoms with Gasteiger partial charge in [0.1, 0.15) is 0 Å². The van der Waals surface area contributed by atoms with Crippen LogP contribution in [0.15, 0.2) is 12.2 Å².